The SMILES string of the molecule is CCNS(=O)(=O)c1cc(Nc2cn(COC(C)[Si](C)(C)C)nn2)ccc1-c1cnc(C2CCC(NC(=O)OC(C)C)CC2)s1. The van der Waals surface area contributed by atoms with Gasteiger partial charge in [0.1, 0.15) is 6.73 Å². The summed E-state index contributed by atoms with van der Waals surface area (Å²) in [6.07, 6.45) is 6.39. The number of sulfonamides is 1. The van der Waals surface area contributed by atoms with E-state index in [1.165, 1.54) is 11.3 Å². The first-order valence-corrected chi connectivity index (χ1v) is 21.0. The summed E-state index contributed by atoms with van der Waals surface area (Å²) in [7, 11) is -5.23. The van der Waals surface area contributed by atoms with Crippen molar-refractivity contribution in [3.63, 3.8) is 0 Å². The minimum Gasteiger partial charge on any atom is -0.447 e. The van der Waals surface area contributed by atoms with Gasteiger partial charge in [-0.1, -0.05) is 37.8 Å². The van der Waals surface area contributed by atoms with Gasteiger partial charge in [-0.05, 0) is 58.6 Å². The second-order valence-corrected chi connectivity index (χ2v) is 20.8. The van der Waals surface area contributed by atoms with Crippen molar-refractivity contribution in [3.05, 3.63) is 35.6 Å². The smallest absolute Gasteiger partial charge is 0.407 e. The standard InChI is InChI=1S/C29H45N7O5S2Si/c1-8-31-43(38,39)26-15-23(32-27-17-36(35-34-27)18-40-20(4)44(5,6)7)13-14-24(26)25-16-30-28(42-25)21-9-11-22(12-10-21)33-29(37)41-19(2)3/h13-17,19-22,31-32H,8-12,18H2,1-7H3,(H,33,37). The molecule has 44 heavy (non-hydrogen) atoms. The molecule has 1 amide bonds. The highest BCUT2D eigenvalue weighted by Gasteiger charge is 2.28. The van der Waals surface area contributed by atoms with Gasteiger partial charge in [0.15, 0.2) is 5.82 Å². The Bertz CT molecular complexity index is 1510. The van der Waals surface area contributed by atoms with Crippen molar-refractivity contribution < 1.29 is 22.7 Å². The lowest BCUT2D eigenvalue weighted by molar-refractivity contribution is 0.0479. The molecule has 3 N–H and O–H groups in total. The highest BCUT2D eigenvalue weighted by atomic mass is 32.2. The van der Waals surface area contributed by atoms with Crippen molar-refractivity contribution in [1.29, 1.82) is 0 Å². The van der Waals surface area contributed by atoms with Crippen molar-refractivity contribution in [2.24, 2.45) is 0 Å². The van der Waals surface area contributed by atoms with Crippen LogP contribution < -0.4 is 15.4 Å². The Kier molecular flexibility index (Phi) is 11.2. The van der Waals surface area contributed by atoms with Gasteiger partial charge >= 0.3 is 6.09 Å². The van der Waals surface area contributed by atoms with Crippen molar-refractivity contribution in [1.82, 2.24) is 30.0 Å². The van der Waals surface area contributed by atoms with E-state index < -0.39 is 18.1 Å². The summed E-state index contributed by atoms with van der Waals surface area (Å²) in [5.41, 5.74) is 1.32. The lowest BCUT2D eigenvalue weighted by atomic mass is 9.86. The molecule has 1 aliphatic rings. The number of hydrogen-bond donors (Lipinski definition) is 3. The number of aromatic nitrogens is 4. The van der Waals surface area contributed by atoms with Crippen LogP contribution in [0.15, 0.2) is 35.5 Å². The zero-order valence-electron chi connectivity index (χ0n) is 26.6. The number of carbonyl (C=O) groups excluding carboxylic acids is 1. The molecule has 0 saturated heterocycles. The minimum absolute atomic E-state index is 0.0803. The van der Waals surface area contributed by atoms with Gasteiger partial charge in [0, 0.05) is 41.7 Å². The molecular weight excluding hydrogens is 619 g/mol. The van der Waals surface area contributed by atoms with Crippen LogP contribution in [0.2, 0.25) is 19.6 Å². The molecule has 15 heteroatoms. The van der Waals surface area contributed by atoms with Crippen LogP contribution in [0.3, 0.4) is 0 Å². The van der Waals surface area contributed by atoms with Crippen LogP contribution in [0.4, 0.5) is 16.3 Å². The molecule has 0 aliphatic heterocycles. The second-order valence-electron chi connectivity index (χ2n) is 12.5. The van der Waals surface area contributed by atoms with E-state index in [4.69, 9.17) is 14.5 Å². The number of nitrogens with one attached hydrogen (secondary N) is 3. The quantitative estimate of drug-likeness (QED) is 0.192. The van der Waals surface area contributed by atoms with Gasteiger partial charge in [0.05, 0.1) is 35.2 Å². The molecule has 1 fully saturated rings. The fourth-order valence-electron chi connectivity index (χ4n) is 4.80. The lowest BCUT2D eigenvalue weighted by Crippen LogP contribution is -2.38. The maximum absolute atomic E-state index is 13.3. The normalized spacial score (nSPS) is 18.3. The highest BCUT2D eigenvalue weighted by Crippen LogP contribution is 2.40. The molecule has 0 radical (unpaired) electrons. The molecule has 1 saturated carbocycles. The Morgan fingerprint density at radius 1 is 1.16 bits per heavy atom. The summed E-state index contributed by atoms with van der Waals surface area (Å²) in [6.45, 7) is 14.8. The number of ether oxygens (including phenoxy) is 2. The molecule has 3 aromatic rings. The minimum atomic E-state index is -3.79. The van der Waals surface area contributed by atoms with E-state index in [9.17, 15) is 13.2 Å². The molecule has 1 atom stereocenters. The van der Waals surface area contributed by atoms with Gasteiger partial charge in [-0.15, -0.1) is 16.4 Å². The number of hydrogen-bond acceptors (Lipinski definition) is 10. The first-order valence-electron chi connectivity index (χ1n) is 15.1. The van der Waals surface area contributed by atoms with E-state index in [1.807, 2.05) is 19.9 Å². The van der Waals surface area contributed by atoms with Crippen LogP contribution in [0.5, 0.6) is 0 Å². The Balaban J connectivity index is 1.47. The number of thiazole rings is 1. The number of benzene rings is 1. The average Bonchev–Trinajstić information content (AvgIpc) is 3.61. The lowest BCUT2D eigenvalue weighted by Gasteiger charge is -2.28. The number of amides is 1. The van der Waals surface area contributed by atoms with Gasteiger partial charge in [0.2, 0.25) is 10.0 Å². The van der Waals surface area contributed by atoms with Crippen molar-refractivity contribution in [3.8, 4) is 10.4 Å². The van der Waals surface area contributed by atoms with Crippen LogP contribution in [0.1, 0.15) is 64.3 Å². The van der Waals surface area contributed by atoms with Crippen LogP contribution in [0.25, 0.3) is 10.4 Å². The van der Waals surface area contributed by atoms with Crippen LogP contribution >= 0.6 is 11.3 Å². The predicted octanol–water partition coefficient (Wildman–Crippen LogP) is 5.84. The number of anilines is 2. The van der Waals surface area contributed by atoms with Crippen LogP contribution in [0, 0.1) is 0 Å². The Hall–Kier alpha value is -2.85. The number of carbonyl (C=O) groups is 1. The van der Waals surface area contributed by atoms with E-state index in [0.29, 0.717) is 17.1 Å². The van der Waals surface area contributed by atoms with Crippen LogP contribution in [-0.4, -0.2) is 67.0 Å². The summed E-state index contributed by atoms with van der Waals surface area (Å²) in [5.74, 6) is 0.736. The third-order valence-corrected chi connectivity index (χ3v) is 13.0. The molecule has 0 bridgehead atoms. The van der Waals surface area contributed by atoms with Crippen molar-refractivity contribution >= 4 is 47.0 Å². The van der Waals surface area contributed by atoms with Crippen molar-refractivity contribution in [2.45, 2.75) is 108 Å². The first kappa shape index (κ1) is 34.0. The summed E-state index contributed by atoms with van der Waals surface area (Å²) in [4.78, 5) is 17.6. The van der Waals surface area contributed by atoms with Gasteiger partial charge < -0.3 is 20.1 Å². The average molecular weight is 664 g/mol. The number of nitrogens with zero attached hydrogens (tertiary/aromatic N) is 4. The van der Waals surface area contributed by atoms with E-state index in [1.54, 1.807) is 36.1 Å². The monoisotopic (exact) mass is 663 g/mol. The third-order valence-electron chi connectivity index (χ3n) is 7.62. The Labute approximate surface area is 265 Å². The van der Waals surface area contributed by atoms with E-state index >= 15 is 0 Å². The fraction of sp³-hybridized carbons (Fsp3) is 0.586. The number of alkyl carbamates (subject to hydrolysis) is 1. The summed E-state index contributed by atoms with van der Waals surface area (Å²) in [5, 5.41) is 15.4. The number of rotatable bonds is 13. The highest BCUT2D eigenvalue weighted by molar-refractivity contribution is 7.89. The summed E-state index contributed by atoms with van der Waals surface area (Å²) >= 11 is 1.51. The fourth-order valence-corrected chi connectivity index (χ4v) is 7.85. The van der Waals surface area contributed by atoms with E-state index in [0.717, 1.165) is 35.6 Å². The topological polar surface area (TPSA) is 149 Å². The molecule has 1 aromatic carbocycles. The van der Waals surface area contributed by atoms with Gasteiger partial charge in [-0.3, -0.25) is 0 Å². The maximum Gasteiger partial charge on any atom is 0.407 e. The third kappa shape index (κ3) is 9.09. The molecule has 1 unspecified atom stereocenters. The Morgan fingerprint density at radius 2 is 1.89 bits per heavy atom. The van der Waals surface area contributed by atoms with E-state index in [2.05, 4.69) is 52.2 Å². The molecule has 12 nitrogen and oxygen atoms in total. The summed E-state index contributed by atoms with van der Waals surface area (Å²) in [6, 6.07) is 5.32. The molecular formula is C29H45N7O5S2Si. The van der Waals surface area contributed by atoms with Gasteiger partial charge in [-0.2, -0.15) is 0 Å². The maximum atomic E-state index is 13.3. The molecule has 0 spiro atoms. The molecule has 2 aromatic heterocycles. The molecule has 2 heterocycles. The molecule has 4 rings (SSSR count). The van der Waals surface area contributed by atoms with Gasteiger partial charge in [0.25, 0.3) is 0 Å². The predicted molar refractivity (Wildman–Crippen MR) is 175 cm³/mol. The first-order chi connectivity index (χ1) is 20.7. The van der Waals surface area contributed by atoms with Gasteiger partial charge in [-0.25, -0.2) is 27.6 Å². The zero-order chi connectivity index (χ0) is 32.1. The van der Waals surface area contributed by atoms with E-state index in [-0.39, 0.29) is 48.1 Å². The molecule has 242 valence electrons. The summed E-state index contributed by atoms with van der Waals surface area (Å²) < 4.78 is 42.1. The van der Waals surface area contributed by atoms with Crippen molar-refractivity contribution in [2.75, 3.05) is 11.9 Å². The largest absolute Gasteiger partial charge is 0.447 e. The zero-order valence-corrected chi connectivity index (χ0v) is 29.2. The second kappa shape index (κ2) is 14.5. The Morgan fingerprint density at radius 3 is 2.55 bits per heavy atom. The van der Waals surface area contributed by atoms with Crippen LogP contribution in [-0.2, 0) is 26.2 Å². The molecule has 1 aliphatic carbocycles.